The van der Waals surface area contributed by atoms with E-state index in [9.17, 15) is 8.78 Å². The summed E-state index contributed by atoms with van der Waals surface area (Å²) in [5.41, 5.74) is 2.33. The predicted octanol–water partition coefficient (Wildman–Crippen LogP) is 4.13. The summed E-state index contributed by atoms with van der Waals surface area (Å²) in [6.45, 7) is 3.36. The van der Waals surface area contributed by atoms with Crippen molar-refractivity contribution in [2.45, 2.75) is 25.2 Å². The molecular formula is C18H19F2N. The lowest BCUT2D eigenvalue weighted by Gasteiger charge is -2.33. The summed E-state index contributed by atoms with van der Waals surface area (Å²) < 4.78 is 28.0. The molecule has 0 aromatic heterocycles. The van der Waals surface area contributed by atoms with Crippen LogP contribution >= 0.6 is 0 Å². The summed E-state index contributed by atoms with van der Waals surface area (Å²) in [4.78, 5) is 0. The fourth-order valence-electron chi connectivity index (χ4n) is 3.20. The third-order valence-electron chi connectivity index (χ3n) is 4.41. The van der Waals surface area contributed by atoms with Crippen LogP contribution in [0.3, 0.4) is 0 Å². The summed E-state index contributed by atoms with van der Waals surface area (Å²) >= 11 is 0. The molecule has 2 unspecified atom stereocenters. The van der Waals surface area contributed by atoms with Crippen molar-refractivity contribution >= 4 is 0 Å². The highest BCUT2D eigenvalue weighted by Crippen LogP contribution is 2.38. The summed E-state index contributed by atoms with van der Waals surface area (Å²) in [6, 6.07) is 12.3. The number of aryl methyl sites for hydroxylation is 1. The molecule has 1 aliphatic heterocycles. The topological polar surface area (TPSA) is 12.0 Å². The first-order valence-electron chi connectivity index (χ1n) is 7.38. The van der Waals surface area contributed by atoms with Crippen LogP contribution in [-0.4, -0.2) is 13.1 Å². The van der Waals surface area contributed by atoms with E-state index in [0.717, 1.165) is 30.6 Å². The molecule has 3 heteroatoms. The molecule has 0 aliphatic carbocycles. The minimum absolute atomic E-state index is 0.0436. The van der Waals surface area contributed by atoms with Crippen LogP contribution in [0.1, 0.15) is 34.9 Å². The van der Waals surface area contributed by atoms with Gasteiger partial charge in [-0.15, -0.1) is 0 Å². The van der Waals surface area contributed by atoms with E-state index in [0.29, 0.717) is 5.56 Å². The van der Waals surface area contributed by atoms with Crippen LogP contribution in [0.5, 0.6) is 0 Å². The van der Waals surface area contributed by atoms with E-state index in [2.05, 4.69) is 5.32 Å². The Morgan fingerprint density at radius 3 is 2.57 bits per heavy atom. The highest BCUT2D eigenvalue weighted by atomic mass is 19.1. The summed E-state index contributed by atoms with van der Waals surface area (Å²) in [5, 5.41) is 3.33. The quantitative estimate of drug-likeness (QED) is 0.875. The molecule has 21 heavy (non-hydrogen) atoms. The average Bonchev–Trinajstić information content (AvgIpc) is 2.51. The molecule has 0 bridgehead atoms. The van der Waals surface area contributed by atoms with Crippen molar-refractivity contribution in [3.05, 3.63) is 70.8 Å². The van der Waals surface area contributed by atoms with Gasteiger partial charge in [-0.25, -0.2) is 8.78 Å². The molecule has 1 fully saturated rings. The van der Waals surface area contributed by atoms with Gasteiger partial charge >= 0.3 is 0 Å². The molecule has 3 rings (SSSR count). The maximum Gasteiger partial charge on any atom is 0.126 e. The SMILES string of the molecule is Cc1ccc(C2CCNCC2c2ccccc2F)cc1F. The van der Waals surface area contributed by atoms with Gasteiger partial charge in [-0.2, -0.15) is 0 Å². The van der Waals surface area contributed by atoms with E-state index in [4.69, 9.17) is 0 Å². The van der Waals surface area contributed by atoms with Crippen LogP contribution in [0, 0.1) is 18.6 Å². The maximum atomic E-state index is 14.1. The van der Waals surface area contributed by atoms with Crippen molar-refractivity contribution in [1.82, 2.24) is 5.32 Å². The lowest BCUT2D eigenvalue weighted by atomic mass is 9.77. The van der Waals surface area contributed by atoms with Crippen LogP contribution in [0.25, 0.3) is 0 Å². The normalized spacial score (nSPS) is 22.2. The van der Waals surface area contributed by atoms with Crippen molar-refractivity contribution in [2.24, 2.45) is 0 Å². The predicted molar refractivity (Wildman–Crippen MR) is 80.5 cm³/mol. The van der Waals surface area contributed by atoms with E-state index in [-0.39, 0.29) is 23.5 Å². The number of hydrogen-bond donors (Lipinski definition) is 1. The minimum atomic E-state index is -0.182. The Kier molecular flexibility index (Phi) is 4.02. The van der Waals surface area contributed by atoms with Crippen molar-refractivity contribution < 1.29 is 8.78 Å². The van der Waals surface area contributed by atoms with Crippen LogP contribution in [0.15, 0.2) is 42.5 Å². The minimum Gasteiger partial charge on any atom is -0.316 e. The van der Waals surface area contributed by atoms with Crippen molar-refractivity contribution in [1.29, 1.82) is 0 Å². The van der Waals surface area contributed by atoms with Crippen LogP contribution < -0.4 is 5.32 Å². The molecule has 1 N–H and O–H groups in total. The molecule has 0 spiro atoms. The fourth-order valence-corrected chi connectivity index (χ4v) is 3.20. The highest BCUT2D eigenvalue weighted by molar-refractivity contribution is 5.33. The van der Waals surface area contributed by atoms with Gasteiger partial charge in [0.25, 0.3) is 0 Å². The Morgan fingerprint density at radius 1 is 1.00 bits per heavy atom. The molecule has 0 saturated carbocycles. The number of rotatable bonds is 2. The Balaban J connectivity index is 1.98. The highest BCUT2D eigenvalue weighted by Gasteiger charge is 2.29. The molecule has 2 aromatic carbocycles. The summed E-state index contributed by atoms with van der Waals surface area (Å²) in [5.74, 6) is -0.164. The molecule has 1 saturated heterocycles. The molecular weight excluding hydrogens is 268 g/mol. The zero-order valence-corrected chi connectivity index (χ0v) is 12.1. The van der Waals surface area contributed by atoms with E-state index in [1.54, 1.807) is 19.1 Å². The largest absolute Gasteiger partial charge is 0.316 e. The molecule has 2 atom stereocenters. The van der Waals surface area contributed by atoms with Gasteiger partial charge < -0.3 is 5.32 Å². The number of piperidine rings is 1. The number of hydrogen-bond acceptors (Lipinski definition) is 1. The Hall–Kier alpha value is -1.74. The van der Waals surface area contributed by atoms with Gasteiger partial charge in [0.2, 0.25) is 0 Å². The van der Waals surface area contributed by atoms with Gasteiger partial charge in [0.1, 0.15) is 11.6 Å². The first-order chi connectivity index (χ1) is 10.2. The van der Waals surface area contributed by atoms with Crippen molar-refractivity contribution in [3.8, 4) is 0 Å². The van der Waals surface area contributed by atoms with Gasteiger partial charge in [-0.05, 0) is 54.6 Å². The Bertz CT molecular complexity index is 639. The zero-order valence-electron chi connectivity index (χ0n) is 12.1. The Morgan fingerprint density at radius 2 is 1.81 bits per heavy atom. The number of halogens is 2. The molecule has 1 aliphatic rings. The second-order valence-corrected chi connectivity index (χ2v) is 5.74. The number of benzene rings is 2. The average molecular weight is 287 g/mol. The lowest BCUT2D eigenvalue weighted by molar-refractivity contribution is 0.392. The third-order valence-corrected chi connectivity index (χ3v) is 4.41. The van der Waals surface area contributed by atoms with E-state index in [1.165, 1.54) is 6.07 Å². The Labute approximate surface area is 124 Å². The fraction of sp³-hybridized carbons (Fsp3) is 0.333. The maximum absolute atomic E-state index is 14.1. The van der Waals surface area contributed by atoms with Crippen molar-refractivity contribution in [3.63, 3.8) is 0 Å². The van der Waals surface area contributed by atoms with Gasteiger partial charge in [-0.1, -0.05) is 30.3 Å². The lowest BCUT2D eigenvalue weighted by Crippen LogP contribution is -2.34. The molecule has 0 amide bonds. The molecule has 1 heterocycles. The second-order valence-electron chi connectivity index (χ2n) is 5.74. The number of nitrogens with one attached hydrogen (secondary N) is 1. The van der Waals surface area contributed by atoms with Gasteiger partial charge in [0, 0.05) is 12.5 Å². The first-order valence-corrected chi connectivity index (χ1v) is 7.38. The van der Waals surface area contributed by atoms with Crippen LogP contribution in [0.2, 0.25) is 0 Å². The second kappa shape index (κ2) is 5.94. The standard InChI is InChI=1S/C18H19F2N/c1-12-6-7-13(10-18(12)20)14-8-9-21-11-16(14)15-4-2-3-5-17(15)19/h2-7,10,14,16,21H,8-9,11H2,1H3. The molecule has 110 valence electrons. The molecule has 0 radical (unpaired) electrons. The smallest absolute Gasteiger partial charge is 0.126 e. The molecule has 2 aromatic rings. The third kappa shape index (κ3) is 2.84. The van der Waals surface area contributed by atoms with E-state index in [1.807, 2.05) is 24.3 Å². The summed E-state index contributed by atoms with van der Waals surface area (Å²) in [7, 11) is 0. The van der Waals surface area contributed by atoms with Gasteiger partial charge in [0.05, 0.1) is 0 Å². The van der Waals surface area contributed by atoms with E-state index < -0.39 is 0 Å². The first kappa shape index (κ1) is 14.2. The van der Waals surface area contributed by atoms with E-state index >= 15 is 0 Å². The zero-order chi connectivity index (χ0) is 14.8. The van der Waals surface area contributed by atoms with Crippen molar-refractivity contribution in [2.75, 3.05) is 13.1 Å². The van der Waals surface area contributed by atoms with Gasteiger partial charge in [0.15, 0.2) is 0 Å². The molecule has 1 nitrogen and oxygen atoms in total. The van der Waals surface area contributed by atoms with Gasteiger partial charge in [-0.3, -0.25) is 0 Å². The summed E-state index contributed by atoms with van der Waals surface area (Å²) in [6.07, 6.45) is 0.890. The van der Waals surface area contributed by atoms with Crippen LogP contribution in [-0.2, 0) is 0 Å². The monoisotopic (exact) mass is 287 g/mol. The van der Waals surface area contributed by atoms with Crippen LogP contribution in [0.4, 0.5) is 8.78 Å².